The first kappa shape index (κ1) is 35.0. The zero-order valence-corrected chi connectivity index (χ0v) is 34.1. The van der Waals surface area contributed by atoms with Gasteiger partial charge in [0.2, 0.25) is 0 Å². The van der Waals surface area contributed by atoms with Crippen LogP contribution in [0.4, 0.5) is 0 Å². The van der Waals surface area contributed by atoms with Gasteiger partial charge in [0.1, 0.15) is 22.8 Å². The lowest BCUT2D eigenvalue weighted by molar-refractivity contribution is 0.484. The van der Waals surface area contributed by atoms with Gasteiger partial charge in [-0.05, 0) is 145 Å². The van der Waals surface area contributed by atoms with Crippen LogP contribution in [0.5, 0.6) is 11.5 Å². The molecule has 59 heavy (non-hydrogen) atoms. The molecule has 0 unspecified atom stereocenters. The Bertz CT molecular complexity index is 3490. The van der Waals surface area contributed by atoms with E-state index in [2.05, 4.69) is 184 Å². The molecule has 5 heteroatoms. The standard InChI is InChI=1S/C54H42N4O/c1-31-12-9-13-32(2)48(31)43-25-24-42-40-23-21-37(28-44(40)53-55-26-27-57(53)52(42)51(43)50-35(5)16-11-17-36(50)6)59-38-20-22-39-41-18-7-8-19-46(41)58-47(30-56-54(58)45(39)29-38)49-33(3)14-10-15-34(49)4/h7-30H,1-6H3. The molecule has 0 N–H and O–H groups in total. The molecule has 7 aromatic carbocycles. The molecular formula is C54H42N4O. The topological polar surface area (TPSA) is 43.8 Å². The Morgan fingerprint density at radius 3 is 1.66 bits per heavy atom. The minimum Gasteiger partial charge on any atom is -0.457 e. The smallest absolute Gasteiger partial charge is 0.145 e. The van der Waals surface area contributed by atoms with Crippen LogP contribution < -0.4 is 4.74 Å². The van der Waals surface area contributed by atoms with Gasteiger partial charge in [0, 0.05) is 45.1 Å². The molecule has 0 saturated heterocycles. The molecular weight excluding hydrogens is 721 g/mol. The lowest BCUT2D eigenvalue weighted by atomic mass is 9.84. The Labute approximate surface area is 342 Å². The molecule has 0 aliphatic carbocycles. The van der Waals surface area contributed by atoms with Crippen molar-refractivity contribution in [1.82, 2.24) is 18.8 Å². The molecule has 0 spiro atoms. The maximum absolute atomic E-state index is 6.78. The van der Waals surface area contributed by atoms with Crippen LogP contribution in [0.25, 0.3) is 88.2 Å². The van der Waals surface area contributed by atoms with Gasteiger partial charge < -0.3 is 4.74 Å². The molecule has 0 radical (unpaired) electrons. The molecule has 0 aliphatic rings. The third-order valence-corrected chi connectivity index (χ3v) is 12.5. The maximum atomic E-state index is 6.78. The third-order valence-electron chi connectivity index (χ3n) is 12.5. The van der Waals surface area contributed by atoms with E-state index in [4.69, 9.17) is 14.7 Å². The summed E-state index contributed by atoms with van der Waals surface area (Å²) >= 11 is 0. The van der Waals surface area contributed by atoms with Crippen molar-refractivity contribution in [3.8, 4) is 45.0 Å². The van der Waals surface area contributed by atoms with Gasteiger partial charge in [0.15, 0.2) is 0 Å². The predicted molar refractivity (Wildman–Crippen MR) is 245 cm³/mol. The van der Waals surface area contributed by atoms with Crippen LogP contribution in [-0.4, -0.2) is 18.8 Å². The second-order valence-electron chi connectivity index (χ2n) is 16.1. The fourth-order valence-corrected chi connectivity index (χ4v) is 9.88. The van der Waals surface area contributed by atoms with Crippen LogP contribution >= 0.6 is 0 Å². The van der Waals surface area contributed by atoms with E-state index in [1.165, 1.54) is 72.0 Å². The van der Waals surface area contributed by atoms with Crippen molar-refractivity contribution < 1.29 is 4.74 Å². The summed E-state index contributed by atoms with van der Waals surface area (Å²) in [6.07, 6.45) is 6.04. The van der Waals surface area contributed by atoms with Crippen molar-refractivity contribution in [2.75, 3.05) is 0 Å². The van der Waals surface area contributed by atoms with Gasteiger partial charge in [0.05, 0.1) is 22.9 Å². The van der Waals surface area contributed by atoms with Crippen molar-refractivity contribution in [3.63, 3.8) is 0 Å². The molecule has 0 atom stereocenters. The molecule has 4 heterocycles. The van der Waals surface area contributed by atoms with E-state index in [1.807, 2.05) is 12.4 Å². The van der Waals surface area contributed by atoms with Crippen molar-refractivity contribution in [2.45, 2.75) is 41.5 Å². The summed E-state index contributed by atoms with van der Waals surface area (Å²) in [6.45, 7) is 13.2. The number of pyridine rings is 2. The summed E-state index contributed by atoms with van der Waals surface area (Å²) in [5.74, 6) is 1.50. The molecule has 0 amide bonds. The number of nitrogens with zero attached hydrogens (tertiary/aromatic N) is 4. The largest absolute Gasteiger partial charge is 0.457 e. The Morgan fingerprint density at radius 1 is 0.441 bits per heavy atom. The summed E-state index contributed by atoms with van der Waals surface area (Å²) in [5.41, 5.74) is 18.9. The fourth-order valence-electron chi connectivity index (χ4n) is 9.88. The number of ether oxygens (including phenoxy) is 1. The number of benzene rings is 7. The van der Waals surface area contributed by atoms with Crippen LogP contribution in [-0.2, 0) is 0 Å². The van der Waals surface area contributed by atoms with Gasteiger partial charge in [-0.2, -0.15) is 0 Å². The van der Waals surface area contributed by atoms with E-state index >= 15 is 0 Å². The number of aryl methyl sites for hydroxylation is 6. The molecule has 0 fully saturated rings. The molecule has 0 aliphatic heterocycles. The Morgan fingerprint density at radius 2 is 1.00 bits per heavy atom. The van der Waals surface area contributed by atoms with E-state index in [0.29, 0.717) is 0 Å². The van der Waals surface area contributed by atoms with E-state index in [0.717, 1.165) is 61.1 Å². The minimum absolute atomic E-state index is 0.750. The van der Waals surface area contributed by atoms with Crippen molar-refractivity contribution in [2.24, 2.45) is 0 Å². The predicted octanol–water partition coefficient (Wildman–Crippen LogP) is 14.2. The number of hydrogen-bond donors (Lipinski definition) is 0. The second-order valence-corrected chi connectivity index (χ2v) is 16.1. The van der Waals surface area contributed by atoms with Gasteiger partial charge in [-0.15, -0.1) is 0 Å². The second kappa shape index (κ2) is 13.2. The summed E-state index contributed by atoms with van der Waals surface area (Å²) < 4.78 is 11.4. The maximum Gasteiger partial charge on any atom is 0.145 e. The number of rotatable bonds is 5. The van der Waals surface area contributed by atoms with E-state index in [-0.39, 0.29) is 0 Å². The molecule has 0 bridgehead atoms. The number of para-hydroxylation sites is 1. The highest BCUT2D eigenvalue weighted by Crippen LogP contribution is 2.46. The van der Waals surface area contributed by atoms with Crippen molar-refractivity contribution >= 4 is 54.6 Å². The third kappa shape index (κ3) is 5.24. The number of fused-ring (bicyclic) bond motifs is 12. The Balaban J connectivity index is 1.10. The van der Waals surface area contributed by atoms with Gasteiger partial charge in [-0.1, -0.05) is 84.9 Å². The summed E-state index contributed by atoms with van der Waals surface area (Å²) in [4.78, 5) is 10.1. The van der Waals surface area contributed by atoms with Crippen LogP contribution in [0, 0.1) is 41.5 Å². The molecule has 4 aromatic heterocycles. The van der Waals surface area contributed by atoms with E-state index in [1.54, 1.807) is 0 Å². The van der Waals surface area contributed by atoms with Crippen molar-refractivity contribution in [3.05, 3.63) is 179 Å². The van der Waals surface area contributed by atoms with Crippen LogP contribution in [0.3, 0.4) is 0 Å². The minimum atomic E-state index is 0.750. The summed E-state index contributed by atoms with van der Waals surface area (Å²) in [7, 11) is 0. The summed E-state index contributed by atoms with van der Waals surface area (Å²) in [6, 6.07) is 45.7. The van der Waals surface area contributed by atoms with Crippen molar-refractivity contribution in [1.29, 1.82) is 0 Å². The molecule has 0 saturated carbocycles. The Hall–Kier alpha value is -7.24. The normalized spacial score (nSPS) is 11.9. The first-order valence-corrected chi connectivity index (χ1v) is 20.3. The Kier molecular flexibility index (Phi) is 7.79. The first-order valence-electron chi connectivity index (χ1n) is 20.3. The average Bonchev–Trinajstić information content (AvgIpc) is 3.90. The van der Waals surface area contributed by atoms with Crippen LogP contribution in [0.1, 0.15) is 33.4 Å². The highest BCUT2D eigenvalue weighted by Gasteiger charge is 2.23. The lowest BCUT2D eigenvalue weighted by Crippen LogP contribution is -2.00. The number of hydrogen-bond acceptors (Lipinski definition) is 3. The number of aromatic nitrogens is 4. The molecule has 284 valence electrons. The zero-order valence-electron chi connectivity index (χ0n) is 34.1. The lowest BCUT2D eigenvalue weighted by Gasteiger charge is -2.22. The van der Waals surface area contributed by atoms with Gasteiger partial charge in [-0.3, -0.25) is 8.80 Å². The van der Waals surface area contributed by atoms with Crippen LogP contribution in [0.2, 0.25) is 0 Å². The van der Waals surface area contributed by atoms with E-state index in [9.17, 15) is 0 Å². The first-order chi connectivity index (χ1) is 28.8. The summed E-state index contributed by atoms with van der Waals surface area (Å²) in [5, 5.41) is 6.70. The van der Waals surface area contributed by atoms with E-state index < -0.39 is 0 Å². The average molecular weight is 763 g/mol. The fraction of sp³-hybridized carbons (Fsp3) is 0.111. The highest BCUT2D eigenvalue weighted by atomic mass is 16.5. The number of imidazole rings is 2. The molecule has 11 aromatic rings. The van der Waals surface area contributed by atoms with Gasteiger partial charge in [0.25, 0.3) is 0 Å². The van der Waals surface area contributed by atoms with Crippen LogP contribution in [0.15, 0.2) is 146 Å². The molecule has 11 rings (SSSR count). The molecule has 5 nitrogen and oxygen atoms in total. The zero-order chi connectivity index (χ0) is 40.1. The monoisotopic (exact) mass is 762 g/mol. The van der Waals surface area contributed by atoms with Gasteiger partial charge in [-0.25, -0.2) is 9.97 Å². The SMILES string of the molecule is Cc1cccc(C)c1-c1ccc2c3ccc(Oc4ccc5c6ccccc6n6c(-c7c(C)cccc7C)cnc6c5c4)cc3c3nccn3c2c1-c1c(C)cccc1C. The quantitative estimate of drug-likeness (QED) is 0.164. The highest BCUT2D eigenvalue weighted by molar-refractivity contribution is 6.18. The van der Waals surface area contributed by atoms with Gasteiger partial charge >= 0.3 is 0 Å².